The highest BCUT2D eigenvalue weighted by Gasteiger charge is 2.29. The topological polar surface area (TPSA) is 66.5 Å². The number of sulfonamides is 1. The zero-order chi connectivity index (χ0) is 16.4. The van der Waals surface area contributed by atoms with E-state index in [1.165, 1.54) is 10.4 Å². The summed E-state index contributed by atoms with van der Waals surface area (Å²) in [6.45, 7) is 2.92. The second-order valence-corrected chi connectivity index (χ2v) is 8.45. The zero-order valence-corrected chi connectivity index (χ0v) is 14.4. The molecule has 1 saturated heterocycles. The third-order valence-corrected chi connectivity index (χ3v) is 6.86. The van der Waals surface area contributed by atoms with Gasteiger partial charge in [0.25, 0.3) is 5.91 Å². The quantitative estimate of drug-likeness (QED) is 0.918. The Balaban J connectivity index is 1.85. The Labute approximate surface area is 138 Å². The molecule has 2 aliphatic rings. The molecule has 126 valence electrons. The van der Waals surface area contributed by atoms with Crippen LogP contribution in [0.2, 0.25) is 0 Å². The number of benzene rings is 1. The molecule has 0 radical (unpaired) electrons. The first-order valence-electron chi connectivity index (χ1n) is 8.40. The number of carbonyl (C=O) groups excluding carboxylic acids is 1. The van der Waals surface area contributed by atoms with Crippen molar-refractivity contribution in [3.63, 3.8) is 0 Å². The van der Waals surface area contributed by atoms with Gasteiger partial charge in [0, 0.05) is 24.7 Å². The van der Waals surface area contributed by atoms with Crippen LogP contribution in [0.3, 0.4) is 0 Å². The van der Waals surface area contributed by atoms with Gasteiger partial charge in [-0.1, -0.05) is 18.9 Å². The van der Waals surface area contributed by atoms with Crippen molar-refractivity contribution < 1.29 is 13.2 Å². The second kappa shape index (κ2) is 6.61. The Kier molecular flexibility index (Phi) is 4.73. The molecule has 1 heterocycles. The van der Waals surface area contributed by atoms with Gasteiger partial charge in [-0.05, 0) is 50.3 Å². The van der Waals surface area contributed by atoms with E-state index in [1.807, 2.05) is 0 Å². The van der Waals surface area contributed by atoms with Gasteiger partial charge in [-0.15, -0.1) is 0 Å². The lowest BCUT2D eigenvalue weighted by atomic mass is 10.1. The lowest BCUT2D eigenvalue weighted by Crippen LogP contribution is -2.33. The van der Waals surface area contributed by atoms with Gasteiger partial charge >= 0.3 is 0 Å². The molecule has 1 aliphatic heterocycles. The summed E-state index contributed by atoms with van der Waals surface area (Å²) < 4.78 is 27.1. The third kappa shape index (κ3) is 3.43. The molecule has 1 aromatic rings. The van der Waals surface area contributed by atoms with Crippen molar-refractivity contribution in [2.75, 3.05) is 13.1 Å². The van der Waals surface area contributed by atoms with E-state index in [4.69, 9.17) is 0 Å². The van der Waals surface area contributed by atoms with Crippen molar-refractivity contribution in [3.8, 4) is 0 Å². The molecule has 0 unspecified atom stereocenters. The molecule has 1 amide bonds. The minimum Gasteiger partial charge on any atom is -0.349 e. The van der Waals surface area contributed by atoms with Gasteiger partial charge < -0.3 is 5.32 Å². The monoisotopic (exact) mass is 336 g/mol. The van der Waals surface area contributed by atoms with Crippen molar-refractivity contribution in [3.05, 3.63) is 29.3 Å². The predicted octanol–water partition coefficient (Wildman–Crippen LogP) is 2.45. The van der Waals surface area contributed by atoms with E-state index >= 15 is 0 Å². The van der Waals surface area contributed by atoms with E-state index in [1.54, 1.807) is 19.1 Å². The number of carbonyl (C=O) groups is 1. The van der Waals surface area contributed by atoms with Crippen molar-refractivity contribution in [2.24, 2.45) is 0 Å². The number of hydrogen-bond acceptors (Lipinski definition) is 3. The molecule has 0 atom stereocenters. The summed E-state index contributed by atoms with van der Waals surface area (Å²) in [4.78, 5) is 12.7. The number of hydrogen-bond donors (Lipinski definition) is 1. The first-order valence-corrected chi connectivity index (χ1v) is 9.84. The minimum atomic E-state index is -3.50. The summed E-state index contributed by atoms with van der Waals surface area (Å²) >= 11 is 0. The van der Waals surface area contributed by atoms with Gasteiger partial charge in [-0.25, -0.2) is 8.42 Å². The van der Waals surface area contributed by atoms with E-state index in [0.29, 0.717) is 24.2 Å². The van der Waals surface area contributed by atoms with E-state index < -0.39 is 10.0 Å². The van der Waals surface area contributed by atoms with Crippen LogP contribution in [-0.2, 0) is 10.0 Å². The van der Waals surface area contributed by atoms with Crippen molar-refractivity contribution in [1.82, 2.24) is 9.62 Å². The van der Waals surface area contributed by atoms with Crippen molar-refractivity contribution >= 4 is 15.9 Å². The van der Waals surface area contributed by atoms with Crippen LogP contribution in [0.15, 0.2) is 23.1 Å². The van der Waals surface area contributed by atoms with E-state index in [-0.39, 0.29) is 16.8 Å². The number of nitrogens with one attached hydrogen (secondary N) is 1. The lowest BCUT2D eigenvalue weighted by Gasteiger charge is -2.18. The minimum absolute atomic E-state index is 0.172. The molecule has 5 nitrogen and oxygen atoms in total. The number of amides is 1. The molecular weight excluding hydrogens is 312 g/mol. The van der Waals surface area contributed by atoms with Crippen LogP contribution in [0, 0.1) is 6.92 Å². The average molecular weight is 336 g/mol. The van der Waals surface area contributed by atoms with Gasteiger partial charge in [0.2, 0.25) is 10.0 Å². The van der Waals surface area contributed by atoms with Crippen LogP contribution < -0.4 is 5.32 Å². The number of nitrogens with zero attached hydrogens (tertiary/aromatic N) is 1. The first kappa shape index (κ1) is 16.5. The summed E-state index contributed by atoms with van der Waals surface area (Å²) in [5.41, 5.74) is 1.12. The van der Waals surface area contributed by atoms with Crippen LogP contribution in [-0.4, -0.2) is 37.8 Å². The van der Waals surface area contributed by atoms with E-state index in [2.05, 4.69) is 5.32 Å². The van der Waals surface area contributed by atoms with Crippen LogP contribution in [0.4, 0.5) is 0 Å². The molecule has 0 aromatic heterocycles. The Morgan fingerprint density at radius 2 is 1.78 bits per heavy atom. The summed E-state index contributed by atoms with van der Waals surface area (Å²) in [7, 11) is -3.50. The van der Waals surface area contributed by atoms with E-state index in [0.717, 1.165) is 38.5 Å². The molecule has 0 spiro atoms. The predicted molar refractivity (Wildman–Crippen MR) is 88.9 cm³/mol. The van der Waals surface area contributed by atoms with Crippen LogP contribution in [0.25, 0.3) is 0 Å². The molecule has 1 saturated carbocycles. The largest absolute Gasteiger partial charge is 0.349 e. The van der Waals surface area contributed by atoms with Crippen LogP contribution in [0.5, 0.6) is 0 Å². The molecule has 1 aliphatic carbocycles. The SMILES string of the molecule is Cc1ccc(C(=O)NC2CCCC2)cc1S(=O)(=O)N1CCCC1. The van der Waals surface area contributed by atoms with Gasteiger partial charge in [-0.3, -0.25) is 4.79 Å². The number of rotatable bonds is 4. The van der Waals surface area contributed by atoms with E-state index in [9.17, 15) is 13.2 Å². The Hall–Kier alpha value is -1.40. The number of aryl methyl sites for hydroxylation is 1. The summed E-state index contributed by atoms with van der Waals surface area (Å²) in [5, 5.41) is 3.02. The maximum atomic E-state index is 12.8. The highest BCUT2D eigenvalue weighted by atomic mass is 32.2. The van der Waals surface area contributed by atoms with Crippen molar-refractivity contribution in [1.29, 1.82) is 0 Å². The standard InChI is InChI=1S/C17H24N2O3S/c1-13-8-9-14(17(20)18-15-6-2-3-7-15)12-16(13)23(21,22)19-10-4-5-11-19/h8-9,12,15H,2-7,10-11H2,1H3,(H,18,20). The van der Waals surface area contributed by atoms with Gasteiger partial charge in [0.1, 0.15) is 0 Å². The van der Waals surface area contributed by atoms with Crippen LogP contribution in [0.1, 0.15) is 54.4 Å². The Morgan fingerprint density at radius 1 is 1.13 bits per heavy atom. The summed E-state index contributed by atoms with van der Waals surface area (Å²) in [6, 6.07) is 5.20. The maximum absolute atomic E-state index is 12.8. The zero-order valence-electron chi connectivity index (χ0n) is 13.5. The third-order valence-electron chi connectivity index (χ3n) is 4.82. The Bertz CT molecular complexity index is 688. The Morgan fingerprint density at radius 3 is 2.43 bits per heavy atom. The molecule has 2 fully saturated rings. The fraction of sp³-hybridized carbons (Fsp3) is 0.588. The molecule has 23 heavy (non-hydrogen) atoms. The first-order chi connectivity index (χ1) is 11.0. The average Bonchev–Trinajstić information content (AvgIpc) is 3.21. The molecule has 6 heteroatoms. The summed E-state index contributed by atoms with van der Waals surface area (Å²) in [6.07, 6.45) is 6.12. The molecule has 1 N–H and O–H groups in total. The molecule has 1 aromatic carbocycles. The fourth-order valence-electron chi connectivity index (χ4n) is 3.43. The maximum Gasteiger partial charge on any atom is 0.251 e. The highest BCUT2D eigenvalue weighted by molar-refractivity contribution is 7.89. The smallest absolute Gasteiger partial charge is 0.251 e. The van der Waals surface area contributed by atoms with Gasteiger partial charge in [0.15, 0.2) is 0 Å². The second-order valence-electron chi connectivity index (χ2n) is 6.55. The molecule has 3 rings (SSSR count). The molecule has 0 bridgehead atoms. The normalized spacial score (nSPS) is 20.0. The van der Waals surface area contributed by atoms with Gasteiger partial charge in [-0.2, -0.15) is 4.31 Å². The summed E-state index contributed by atoms with van der Waals surface area (Å²) in [5.74, 6) is -0.172. The molecular formula is C17H24N2O3S. The van der Waals surface area contributed by atoms with Crippen molar-refractivity contribution in [2.45, 2.75) is 56.4 Å². The fourth-order valence-corrected chi connectivity index (χ4v) is 5.19. The van der Waals surface area contributed by atoms with Gasteiger partial charge in [0.05, 0.1) is 4.90 Å². The lowest BCUT2D eigenvalue weighted by molar-refractivity contribution is 0.0937. The highest BCUT2D eigenvalue weighted by Crippen LogP contribution is 2.25. The van der Waals surface area contributed by atoms with Crippen LogP contribution >= 0.6 is 0 Å².